The van der Waals surface area contributed by atoms with Crippen LogP contribution in [0.15, 0.2) is 82.0 Å². The van der Waals surface area contributed by atoms with Crippen molar-refractivity contribution in [2.24, 2.45) is 0 Å². The van der Waals surface area contributed by atoms with E-state index < -0.39 is 5.63 Å². The zero-order chi connectivity index (χ0) is 17.4. The molecule has 25 heavy (non-hydrogen) atoms. The molecule has 4 heteroatoms. The number of rotatable bonds is 2. The summed E-state index contributed by atoms with van der Waals surface area (Å²) in [5.74, 6) is -0.155. The largest absolute Gasteiger partial charge is 0.508 e. The maximum Gasteiger partial charge on any atom is 0.344 e. The highest BCUT2D eigenvalue weighted by Crippen LogP contribution is 2.38. The first-order valence-electron chi connectivity index (χ1n) is 7.78. The van der Waals surface area contributed by atoms with Gasteiger partial charge < -0.3 is 14.6 Å². The third kappa shape index (κ3) is 2.64. The first-order chi connectivity index (χ1) is 12.1. The Labute approximate surface area is 143 Å². The maximum atomic E-state index is 12.7. The van der Waals surface area contributed by atoms with Crippen molar-refractivity contribution in [2.75, 3.05) is 0 Å². The minimum absolute atomic E-state index is 0.0775. The summed E-state index contributed by atoms with van der Waals surface area (Å²) in [6, 6.07) is 20.7. The van der Waals surface area contributed by atoms with E-state index in [1.165, 1.54) is 18.2 Å². The molecule has 4 rings (SSSR count). The van der Waals surface area contributed by atoms with Gasteiger partial charge in [0.1, 0.15) is 17.1 Å². The van der Waals surface area contributed by atoms with Gasteiger partial charge in [0.15, 0.2) is 0 Å². The first kappa shape index (κ1) is 15.0. The van der Waals surface area contributed by atoms with Crippen LogP contribution in [0.25, 0.3) is 33.2 Å². The molecule has 4 nitrogen and oxygen atoms in total. The van der Waals surface area contributed by atoms with Crippen LogP contribution in [0, 0.1) is 0 Å². The second kappa shape index (κ2) is 5.83. The highest BCUT2D eigenvalue weighted by molar-refractivity contribution is 6.01. The molecule has 122 valence electrons. The minimum Gasteiger partial charge on any atom is -0.508 e. The smallest absolute Gasteiger partial charge is 0.344 e. The molecule has 0 spiro atoms. The van der Waals surface area contributed by atoms with Crippen LogP contribution in [0.4, 0.5) is 0 Å². The fourth-order valence-electron chi connectivity index (χ4n) is 3.06. The third-order valence-electron chi connectivity index (χ3n) is 4.07. The van der Waals surface area contributed by atoms with Gasteiger partial charge in [-0.15, -0.1) is 0 Å². The Kier molecular flexibility index (Phi) is 3.51. The van der Waals surface area contributed by atoms with Crippen LogP contribution in [-0.4, -0.2) is 10.2 Å². The molecule has 0 fully saturated rings. The predicted octanol–water partition coefficient (Wildman–Crippen LogP) is 4.54. The van der Waals surface area contributed by atoms with Gasteiger partial charge in [-0.3, -0.25) is 0 Å². The topological polar surface area (TPSA) is 70.7 Å². The van der Waals surface area contributed by atoms with Gasteiger partial charge in [0.2, 0.25) is 0 Å². The summed E-state index contributed by atoms with van der Waals surface area (Å²) in [5.41, 5.74) is 2.24. The average Bonchev–Trinajstić information content (AvgIpc) is 2.60. The molecule has 0 aliphatic rings. The summed E-state index contributed by atoms with van der Waals surface area (Å²) in [5, 5.41) is 20.5. The zero-order valence-electron chi connectivity index (χ0n) is 13.1. The quantitative estimate of drug-likeness (QED) is 0.529. The standard InChI is InChI=1S/C21H14O4/c22-15-10-14(11-16(23)12-15)19-17-8-4-5-9-18(17)25-21(24)20(19)13-6-2-1-3-7-13/h1-12,22-23H. The molecule has 3 aromatic carbocycles. The van der Waals surface area contributed by atoms with Gasteiger partial charge in [-0.2, -0.15) is 0 Å². The minimum atomic E-state index is -0.470. The second-order valence-corrected chi connectivity index (χ2v) is 5.74. The number of hydrogen-bond donors (Lipinski definition) is 2. The van der Waals surface area contributed by atoms with Crippen LogP contribution >= 0.6 is 0 Å². The molecule has 0 unspecified atom stereocenters. The Morgan fingerprint density at radius 3 is 2.04 bits per heavy atom. The van der Waals surface area contributed by atoms with Gasteiger partial charge in [0.05, 0.1) is 5.56 Å². The molecule has 0 saturated heterocycles. The van der Waals surface area contributed by atoms with Crippen LogP contribution in [0.5, 0.6) is 11.5 Å². The molecule has 0 radical (unpaired) electrons. The van der Waals surface area contributed by atoms with Gasteiger partial charge in [-0.25, -0.2) is 4.79 Å². The van der Waals surface area contributed by atoms with E-state index in [4.69, 9.17) is 4.42 Å². The number of hydrogen-bond acceptors (Lipinski definition) is 4. The van der Waals surface area contributed by atoms with Crippen molar-refractivity contribution in [1.82, 2.24) is 0 Å². The van der Waals surface area contributed by atoms with E-state index in [1.807, 2.05) is 42.5 Å². The lowest BCUT2D eigenvalue weighted by Gasteiger charge is -2.13. The Balaban J connectivity index is 2.18. The molecule has 0 aliphatic heterocycles. The molecule has 0 amide bonds. The summed E-state index contributed by atoms with van der Waals surface area (Å²) in [6.45, 7) is 0. The Hall–Kier alpha value is -3.53. The lowest BCUT2D eigenvalue weighted by atomic mass is 9.93. The van der Waals surface area contributed by atoms with Crippen LogP contribution < -0.4 is 5.63 Å². The molecule has 0 saturated carbocycles. The summed E-state index contributed by atoms with van der Waals surface area (Å²) in [4.78, 5) is 12.7. The summed E-state index contributed by atoms with van der Waals surface area (Å²) < 4.78 is 5.49. The van der Waals surface area contributed by atoms with Crippen molar-refractivity contribution in [3.8, 4) is 33.8 Å². The van der Waals surface area contributed by atoms with E-state index in [2.05, 4.69) is 0 Å². The number of aromatic hydroxyl groups is 2. The molecule has 0 atom stereocenters. The summed E-state index contributed by atoms with van der Waals surface area (Å²) in [6.07, 6.45) is 0. The average molecular weight is 330 g/mol. The number of benzene rings is 3. The molecule has 4 aromatic rings. The third-order valence-corrected chi connectivity index (χ3v) is 4.07. The van der Waals surface area contributed by atoms with Crippen molar-refractivity contribution >= 4 is 11.0 Å². The summed E-state index contributed by atoms with van der Waals surface area (Å²) >= 11 is 0. The fourth-order valence-corrected chi connectivity index (χ4v) is 3.06. The van der Waals surface area contributed by atoms with E-state index in [-0.39, 0.29) is 11.5 Å². The van der Waals surface area contributed by atoms with E-state index in [9.17, 15) is 15.0 Å². The highest BCUT2D eigenvalue weighted by Gasteiger charge is 2.18. The normalized spacial score (nSPS) is 10.9. The van der Waals surface area contributed by atoms with E-state index in [1.54, 1.807) is 12.1 Å². The van der Waals surface area contributed by atoms with Crippen molar-refractivity contribution in [2.45, 2.75) is 0 Å². The molecule has 1 heterocycles. The van der Waals surface area contributed by atoms with Crippen LogP contribution in [0.2, 0.25) is 0 Å². The molecule has 1 aromatic heterocycles. The number of para-hydroxylation sites is 1. The van der Waals surface area contributed by atoms with Crippen molar-refractivity contribution < 1.29 is 14.6 Å². The van der Waals surface area contributed by atoms with Crippen LogP contribution in [0.1, 0.15) is 0 Å². The van der Waals surface area contributed by atoms with Gasteiger partial charge in [-0.1, -0.05) is 48.5 Å². The van der Waals surface area contributed by atoms with Gasteiger partial charge >= 0.3 is 5.63 Å². The van der Waals surface area contributed by atoms with Crippen LogP contribution in [-0.2, 0) is 0 Å². The van der Waals surface area contributed by atoms with Crippen LogP contribution in [0.3, 0.4) is 0 Å². The van der Waals surface area contributed by atoms with Crippen molar-refractivity contribution in [3.63, 3.8) is 0 Å². The Bertz CT molecular complexity index is 1110. The summed E-state index contributed by atoms with van der Waals surface area (Å²) in [7, 11) is 0. The SMILES string of the molecule is O=c1oc2ccccc2c(-c2cc(O)cc(O)c2)c1-c1ccccc1. The number of fused-ring (bicyclic) bond motifs is 1. The molecular formula is C21H14O4. The molecular weight excluding hydrogens is 316 g/mol. The van der Waals surface area contributed by atoms with Gasteiger partial charge in [0.25, 0.3) is 0 Å². The zero-order valence-corrected chi connectivity index (χ0v) is 13.1. The predicted molar refractivity (Wildman–Crippen MR) is 96.7 cm³/mol. The molecule has 2 N–H and O–H groups in total. The molecule has 0 bridgehead atoms. The lowest BCUT2D eigenvalue weighted by Crippen LogP contribution is -2.06. The van der Waals surface area contributed by atoms with Gasteiger partial charge in [0, 0.05) is 17.0 Å². The first-order valence-corrected chi connectivity index (χ1v) is 7.78. The monoisotopic (exact) mass is 330 g/mol. The fraction of sp³-hybridized carbons (Fsp3) is 0. The highest BCUT2D eigenvalue weighted by atomic mass is 16.4. The van der Waals surface area contributed by atoms with E-state index in [0.717, 1.165) is 5.39 Å². The van der Waals surface area contributed by atoms with Crippen molar-refractivity contribution in [1.29, 1.82) is 0 Å². The van der Waals surface area contributed by atoms with E-state index >= 15 is 0 Å². The molecule has 0 aliphatic carbocycles. The Morgan fingerprint density at radius 1 is 0.680 bits per heavy atom. The number of phenols is 2. The lowest BCUT2D eigenvalue weighted by molar-refractivity contribution is 0.451. The van der Waals surface area contributed by atoms with E-state index in [0.29, 0.717) is 27.8 Å². The van der Waals surface area contributed by atoms with Crippen molar-refractivity contribution in [3.05, 3.63) is 83.2 Å². The van der Waals surface area contributed by atoms with Gasteiger partial charge in [-0.05, 0) is 29.3 Å². The number of phenolic OH excluding ortho intramolecular Hbond substituents is 2. The Morgan fingerprint density at radius 2 is 1.32 bits per heavy atom. The second-order valence-electron chi connectivity index (χ2n) is 5.74. The maximum absolute atomic E-state index is 12.7.